The van der Waals surface area contributed by atoms with Crippen molar-refractivity contribution < 1.29 is 29.1 Å². The van der Waals surface area contributed by atoms with Crippen LogP contribution in [0.15, 0.2) is 0 Å². The number of hydrogen-bond acceptors (Lipinski definition) is 6. The molecule has 0 aliphatic carbocycles. The monoisotopic (exact) mass is 346 g/mol. The summed E-state index contributed by atoms with van der Waals surface area (Å²) in [5, 5.41) is 0. The molecule has 24 heavy (non-hydrogen) atoms. The van der Waals surface area contributed by atoms with Gasteiger partial charge in [-0.25, -0.2) is 9.59 Å². The Hall–Kier alpha value is -1.14. The number of hydrogen-bond donors (Lipinski definition) is 0. The molecule has 0 aromatic rings. The van der Waals surface area contributed by atoms with Crippen LogP contribution in [0, 0.1) is 5.92 Å². The van der Waals surface area contributed by atoms with Gasteiger partial charge >= 0.3 is 11.9 Å². The summed E-state index contributed by atoms with van der Waals surface area (Å²) < 4.78 is 0. The van der Waals surface area contributed by atoms with E-state index in [9.17, 15) is 9.59 Å². The fourth-order valence-corrected chi connectivity index (χ4v) is 1.84. The molecule has 0 aliphatic rings. The van der Waals surface area contributed by atoms with Gasteiger partial charge in [-0.3, -0.25) is 9.78 Å². The molecule has 0 bridgehead atoms. The summed E-state index contributed by atoms with van der Waals surface area (Å²) in [6, 6.07) is 0. The average molecular weight is 346 g/mol. The van der Waals surface area contributed by atoms with Gasteiger partial charge in [0, 0.05) is 6.42 Å². The molecular weight excluding hydrogens is 312 g/mol. The third-order valence-corrected chi connectivity index (χ3v) is 2.91. The third-order valence-electron chi connectivity index (χ3n) is 2.91. The van der Waals surface area contributed by atoms with E-state index in [-0.39, 0.29) is 18.3 Å². The lowest BCUT2D eigenvalue weighted by atomic mass is 9.97. The van der Waals surface area contributed by atoms with E-state index in [1.807, 2.05) is 27.7 Å². The topological polar surface area (TPSA) is 71.1 Å². The zero-order valence-electron chi connectivity index (χ0n) is 16.3. The molecule has 0 aliphatic heterocycles. The summed E-state index contributed by atoms with van der Waals surface area (Å²) in [7, 11) is 0. The first-order valence-corrected chi connectivity index (χ1v) is 8.72. The van der Waals surface area contributed by atoms with Crippen LogP contribution in [-0.4, -0.2) is 23.1 Å². The summed E-state index contributed by atoms with van der Waals surface area (Å²) in [5.41, 5.74) is -1.04. The molecule has 0 aromatic carbocycles. The summed E-state index contributed by atoms with van der Waals surface area (Å²) in [6.07, 6.45) is 3.93. The SMILES string of the molecule is CCCC(CCCCC(=O)OOC(C)(C)C)C(=O)OOC(C)(C)C. The van der Waals surface area contributed by atoms with Crippen LogP contribution in [0.25, 0.3) is 0 Å². The maximum absolute atomic E-state index is 12.1. The summed E-state index contributed by atoms with van der Waals surface area (Å²) >= 11 is 0. The van der Waals surface area contributed by atoms with Gasteiger partial charge in [-0.2, -0.15) is 9.78 Å². The van der Waals surface area contributed by atoms with E-state index in [0.29, 0.717) is 12.8 Å². The fourth-order valence-electron chi connectivity index (χ4n) is 1.84. The fraction of sp³-hybridized carbons (Fsp3) is 0.889. The molecule has 0 amide bonds. The minimum absolute atomic E-state index is 0.209. The van der Waals surface area contributed by atoms with Gasteiger partial charge in [0.2, 0.25) is 0 Å². The Balaban J connectivity index is 4.08. The van der Waals surface area contributed by atoms with Crippen LogP contribution in [0.4, 0.5) is 0 Å². The van der Waals surface area contributed by atoms with Crippen molar-refractivity contribution in [2.75, 3.05) is 0 Å². The standard InChI is InChI=1S/C18H34O6/c1-8-11-14(16(20)22-24-18(5,6)7)12-9-10-13-15(19)21-23-17(2,3)4/h14H,8-13H2,1-7H3. The van der Waals surface area contributed by atoms with Crippen LogP contribution < -0.4 is 0 Å². The Kier molecular flexibility index (Phi) is 10.2. The van der Waals surface area contributed by atoms with Gasteiger partial charge in [0.15, 0.2) is 0 Å². The second-order valence-corrected chi connectivity index (χ2v) is 7.98. The van der Waals surface area contributed by atoms with E-state index in [2.05, 4.69) is 0 Å². The van der Waals surface area contributed by atoms with Crippen LogP contribution >= 0.6 is 0 Å². The van der Waals surface area contributed by atoms with Gasteiger partial charge in [-0.1, -0.05) is 19.8 Å². The van der Waals surface area contributed by atoms with Crippen molar-refractivity contribution in [2.24, 2.45) is 5.92 Å². The first-order valence-electron chi connectivity index (χ1n) is 8.72. The molecule has 1 unspecified atom stereocenters. The molecule has 0 radical (unpaired) electrons. The molecule has 0 heterocycles. The Morgan fingerprint density at radius 1 is 0.833 bits per heavy atom. The molecule has 1 atom stereocenters. The molecule has 6 heteroatoms. The molecule has 6 nitrogen and oxygen atoms in total. The molecule has 0 saturated heterocycles. The number of unbranched alkanes of at least 4 members (excludes halogenated alkanes) is 1. The Morgan fingerprint density at radius 3 is 1.88 bits per heavy atom. The maximum atomic E-state index is 12.1. The van der Waals surface area contributed by atoms with Crippen molar-refractivity contribution >= 4 is 11.9 Å². The normalized spacial score (nSPS) is 13.5. The number of carbonyl (C=O) groups excluding carboxylic acids is 2. The predicted octanol–water partition coefficient (Wildman–Crippen LogP) is 4.51. The molecule has 0 spiro atoms. The van der Waals surface area contributed by atoms with E-state index in [1.54, 1.807) is 20.8 Å². The largest absolute Gasteiger partial charge is 0.345 e. The van der Waals surface area contributed by atoms with Crippen LogP contribution in [-0.2, 0) is 29.1 Å². The first kappa shape index (κ1) is 22.9. The molecule has 0 rings (SSSR count). The number of rotatable bonds is 10. The number of carbonyl (C=O) groups is 2. The Morgan fingerprint density at radius 2 is 1.38 bits per heavy atom. The third kappa shape index (κ3) is 13.3. The lowest BCUT2D eigenvalue weighted by Crippen LogP contribution is -2.25. The van der Waals surface area contributed by atoms with Crippen LogP contribution in [0.5, 0.6) is 0 Å². The van der Waals surface area contributed by atoms with Gasteiger partial charge in [0.1, 0.15) is 11.2 Å². The first-order chi connectivity index (χ1) is 10.9. The van der Waals surface area contributed by atoms with Gasteiger partial charge in [-0.05, 0) is 60.8 Å². The highest BCUT2D eigenvalue weighted by Crippen LogP contribution is 2.19. The van der Waals surface area contributed by atoms with Gasteiger partial charge in [-0.15, -0.1) is 0 Å². The Labute approximate surface area is 146 Å². The van der Waals surface area contributed by atoms with E-state index in [0.717, 1.165) is 19.3 Å². The van der Waals surface area contributed by atoms with E-state index >= 15 is 0 Å². The van der Waals surface area contributed by atoms with Crippen molar-refractivity contribution in [1.82, 2.24) is 0 Å². The lowest BCUT2D eigenvalue weighted by Gasteiger charge is -2.20. The maximum Gasteiger partial charge on any atom is 0.345 e. The van der Waals surface area contributed by atoms with E-state index in [4.69, 9.17) is 19.6 Å². The lowest BCUT2D eigenvalue weighted by molar-refractivity contribution is -0.323. The van der Waals surface area contributed by atoms with Gasteiger partial charge < -0.3 is 0 Å². The highest BCUT2D eigenvalue weighted by molar-refractivity contribution is 5.71. The molecule has 142 valence electrons. The summed E-state index contributed by atoms with van der Waals surface area (Å²) in [5.74, 6) is -0.944. The molecule has 0 saturated carbocycles. The van der Waals surface area contributed by atoms with Crippen molar-refractivity contribution in [3.8, 4) is 0 Å². The van der Waals surface area contributed by atoms with E-state index < -0.39 is 17.2 Å². The highest BCUT2D eigenvalue weighted by atomic mass is 17.2. The smallest absolute Gasteiger partial charge is 0.298 e. The van der Waals surface area contributed by atoms with E-state index in [1.165, 1.54) is 0 Å². The zero-order valence-corrected chi connectivity index (χ0v) is 16.3. The second kappa shape index (κ2) is 10.7. The molecule has 0 fully saturated rings. The summed E-state index contributed by atoms with van der Waals surface area (Å²) in [6.45, 7) is 12.9. The van der Waals surface area contributed by atoms with Crippen LogP contribution in [0.3, 0.4) is 0 Å². The van der Waals surface area contributed by atoms with Crippen molar-refractivity contribution in [2.45, 2.75) is 98.2 Å². The molecule has 0 aromatic heterocycles. The van der Waals surface area contributed by atoms with Crippen molar-refractivity contribution in [3.05, 3.63) is 0 Å². The average Bonchev–Trinajstić information content (AvgIpc) is 2.44. The predicted molar refractivity (Wildman–Crippen MR) is 90.7 cm³/mol. The highest BCUT2D eigenvalue weighted by Gasteiger charge is 2.23. The quantitative estimate of drug-likeness (QED) is 0.329. The zero-order chi connectivity index (χ0) is 18.8. The Bertz CT molecular complexity index is 378. The van der Waals surface area contributed by atoms with Gasteiger partial charge in [0.25, 0.3) is 0 Å². The summed E-state index contributed by atoms with van der Waals surface area (Å²) in [4.78, 5) is 43.3. The molecule has 0 N–H and O–H groups in total. The van der Waals surface area contributed by atoms with Crippen LogP contribution in [0.2, 0.25) is 0 Å². The van der Waals surface area contributed by atoms with Crippen LogP contribution in [0.1, 0.15) is 87.0 Å². The van der Waals surface area contributed by atoms with Gasteiger partial charge in [0.05, 0.1) is 5.92 Å². The van der Waals surface area contributed by atoms with Crippen molar-refractivity contribution in [1.29, 1.82) is 0 Å². The minimum atomic E-state index is -0.525. The minimum Gasteiger partial charge on any atom is -0.298 e. The van der Waals surface area contributed by atoms with Crippen molar-refractivity contribution in [3.63, 3.8) is 0 Å². The second-order valence-electron chi connectivity index (χ2n) is 7.98. The molecular formula is C18H34O6.